The first kappa shape index (κ1) is 17.2. The number of carbonyl (C=O) groups is 1. The van der Waals surface area contributed by atoms with Crippen LogP contribution in [0.15, 0.2) is 42.5 Å². The SMILES string of the molecule is Nc1ccc2c(c1)CCCC2NC(=O)CSCc1cccc(Cl)c1. The summed E-state index contributed by atoms with van der Waals surface area (Å²) in [6.45, 7) is 0. The molecule has 0 fully saturated rings. The van der Waals surface area contributed by atoms with E-state index in [9.17, 15) is 4.79 Å². The zero-order valence-electron chi connectivity index (χ0n) is 13.4. The van der Waals surface area contributed by atoms with Gasteiger partial charge in [-0.3, -0.25) is 4.79 Å². The number of rotatable bonds is 5. The van der Waals surface area contributed by atoms with E-state index in [1.54, 1.807) is 11.8 Å². The molecule has 1 amide bonds. The second kappa shape index (κ2) is 7.95. The highest BCUT2D eigenvalue weighted by Gasteiger charge is 2.21. The van der Waals surface area contributed by atoms with E-state index in [0.29, 0.717) is 5.75 Å². The van der Waals surface area contributed by atoms with E-state index >= 15 is 0 Å². The van der Waals surface area contributed by atoms with Gasteiger partial charge in [0.15, 0.2) is 0 Å². The molecule has 1 aliphatic rings. The Morgan fingerprint density at radius 1 is 1.29 bits per heavy atom. The van der Waals surface area contributed by atoms with Crippen molar-refractivity contribution in [1.82, 2.24) is 5.32 Å². The molecule has 0 saturated heterocycles. The normalized spacial score (nSPS) is 16.5. The molecule has 3 rings (SSSR count). The minimum atomic E-state index is 0.0803. The number of aryl methyl sites for hydroxylation is 1. The van der Waals surface area contributed by atoms with Crippen LogP contribution in [0.25, 0.3) is 0 Å². The average molecular weight is 361 g/mol. The lowest BCUT2D eigenvalue weighted by molar-refractivity contribution is -0.119. The van der Waals surface area contributed by atoms with Crippen LogP contribution in [0.3, 0.4) is 0 Å². The van der Waals surface area contributed by atoms with Crippen molar-refractivity contribution < 1.29 is 4.79 Å². The van der Waals surface area contributed by atoms with Crippen LogP contribution in [0.1, 0.15) is 35.6 Å². The first-order chi connectivity index (χ1) is 11.6. The molecule has 0 radical (unpaired) electrons. The predicted octanol–water partition coefficient (Wildman–Crippen LogP) is 4.35. The standard InChI is InChI=1S/C19H21ClN2OS/c20-15-5-1-3-13(9-15)11-24-12-19(23)22-18-6-2-4-14-10-16(21)7-8-17(14)18/h1,3,5,7-10,18H,2,4,6,11-12,21H2,(H,22,23). The zero-order chi connectivity index (χ0) is 16.9. The van der Waals surface area contributed by atoms with E-state index in [2.05, 4.69) is 5.32 Å². The van der Waals surface area contributed by atoms with Gasteiger partial charge in [-0.1, -0.05) is 29.8 Å². The average Bonchev–Trinajstić information content (AvgIpc) is 2.55. The summed E-state index contributed by atoms with van der Waals surface area (Å²) in [6.07, 6.45) is 3.11. The highest BCUT2D eigenvalue weighted by atomic mass is 35.5. The van der Waals surface area contributed by atoms with Gasteiger partial charge < -0.3 is 11.1 Å². The van der Waals surface area contributed by atoms with Crippen LogP contribution in [0, 0.1) is 0 Å². The van der Waals surface area contributed by atoms with Crippen LogP contribution in [-0.4, -0.2) is 11.7 Å². The van der Waals surface area contributed by atoms with Gasteiger partial charge in [-0.15, -0.1) is 11.8 Å². The maximum absolute atomic E-state index is 12.3. The van der Waals surface area contributed by atoms with Gasteiger partial charge >= 0.3 is 0 Å². The number of fused-ring (bicyclic) bond motifs is 1. The molecular formula is C19H21ClN2OS. The zero-order valence-corrected chi connectivity index (χ0v) is 15.0. The third kappa shape index (κ3) is 4.46. The topological polar surface area (TPSA) is 55.1 Å². The van der Waals surface area contributed by atoms with Crippen LogP contribution in [0.4, 0.5) is 5.69 Å². The Bertz CT molecular complexity index is 735. The molecule has 24 heavy (non-hydrogen) atoms. The smallest absolute Gasteiger partial charge is 0.230 e. The highest BCUT2D eigenvalue weighted by Crippen LogP contribution is 2.31. The number of anilines is 1. The third-order valence-electron chi connectivity index (χ3n) is 4.21. The lowest BCUT2D eigenvalue weighted by Gasteiger charge is -2.26. The molecule has 0 saturated carbocycles. The maximum Gasteiger partial charge on any atom is 0.230 e. The number of amides is 1. The van der Waals surface area contributed by atoms with Crippen molar-refractivity contribution in [3.05, 3.63) is 64.2 Å². The Balaban J connectivity index is 1.52. The lowest BCUT2D eigenvalue weighted by atomic mass is 9.87. The Morgan fingerprint density at radius 3 is 3.00 bits per heavy atom. The van der Waals surface area contributed by atoms with Gasteiger partial charge in [-0.2, -0.15) is 0 Å². The molecule has 0 bridgehead atoms. The molecule has 1 aliphatic carbocycles. The summed E-state index contributed by atoms with van der Waals surface area (Å²) in [5.41, 5.74) is 10.3. The van der Waals surface area contributed by atoms with Gasteiger partial charge in [0.25, 0.3) is 0 Å². The van der Waals surface area contributed by atoms with Crippen LogP contribution in [0.2, 0.25) is 5.02 Å². The summed E-state index contributed by atoms with van der Waals surface area (Å²) < 4.78 is 0. The summed E-state index contributed by atoms with van der Waals surface area (Å²) in [7, 11) is 0. The molecular weight excluding hydrogens is 340 g/mol. The molecule has 3 N–H and O–H groups in total. The Hall–Kier alpha value is -1.65. The van der Waals surface area contributed by atoms with Crippen molar-refractivity contribution in [2.75, 3.05) is 11.5 Å². The second-order valence-electron chi connectivity index (χ2n) is 6.09. The van der Waals surface area contributed by atoms with Crippen LogP contribution < -0.4 is 11.1 Å². The molecule has 1 atom stereocenters. The van der Waals surface area contributed by atoms with Gasteiger partial charge in [-0.25, -0.2) is 0 Å². The number of carbonyl (C=O) groups excluding carboxylic acids is 1. The molecule has 2 aromatic carbocycles. The number of benzene rings is 2. The van der Waals surface area contributed by atoms with E-state index in [1.165, 1.54) is 11.1 Å². The number of halogens is 1. The quantitative estimate of drug-likeness (QED) is 0.779. The Labute approximate surface area is 152 Å². The molecule has 2 aromatic rings. The minimum absolute atomic E-state index is 0.0803. The summed E-state index contributed by atoms with van der Waals surface area (Å²) in [6, 6.07) is 13.9. The monoisotopic (exact) mass is 360 g/mol. The summed E-state index contributed by atoms with van der Waals surface area (Å²) in [5.74, 6) is 1.32. The number of nitrogen functional groups attached to an aromatic ring is 1. The molecule has 5 heteroatoms. The molecule has 126 valence electrons. The van der Waals surface area contributed by atoms with Gasteiger partial charge in [0.1, 0.15) is 0 Å². The fourth-order valence-corrected chi connectivity index (χ4v) is 4.11. The van der Waals surface area contributed by atoms with Crippen LogP contribution in [-0.2, 0) is 17.0 Å². The molecule has 0 aliphatic heterocycles. The van der Waals surface area contributed by atoms with Gasteiger partial charge in [0.05, 0.1) is 11.8 Å². The largest absolute Gasteiger partial charge is 0.399 e. The van der Waals surface area contributed by atoms with E-state index in [1.807, 2.05) is 42.5 Å². The summed E-state index contributed by atoms with van der Waals surface area (Å²) in [5, 5.41) is 3.90. The maximum atomic E-state index is 12.3. The van der Waals surface area contributed by atoms with E-state index < -0.39 is 0 Å². The fraction of sp³-hybridized carbons (Fsp3) is 0.316. The van der Waals surface area contributed by atoms with Crippen molar-refractivity contribution in [2.24, 2.45) is 0 Å². The number of nitrogens with one attached hydrogen (secondary N) is 1. The Kier molecular flexibility index (Phi) is 5.69. The molecule has 1 unspecified atom stereocenters. The van der Waals surface area contributed by atoms with E-state index in [-0.39, 0.29) is 11.9 Å². The minimum Gasteiger partial charge on any atom is -0.399 e. The first-order valence-corrected chi connectivity index (χ1v) is 9.65. The van der Waals surface area contributed by atoms with Crippen LogP contribution in [0.5, 0.6) is 0 Å². The molecule has 3 nitrogen and oxygen atoms in total. The molecule has 0 spiro atoms. The first-order valence-electron chi connectivity index (χ1n) is 8.11. The van der Waals surface area contributed by atoms with Crippen molar-refractivity contribution in [3.63, 3.8) is 0 Å². The van der Waals surface area contributed by atoms with E-state index in [0.717, 1.165) is 41.3 Å². The molecule has 0 aromatic heterocycles. The number of hydrogen-bond donors (Lipinski definition) is 2. The fourth-order valence-electron chi connectivity index (χ4n) is 3.11. The third-order valence-corrected chi connectivity index (χ3v) is 5.45. The van der Waals surface area contributed by atoms with E-state index in [4.69, 9.17) is 17.3 Å². The van der Waals surface area contributed by atoms with Crippen molar-refractivity contribution in [3.8, 4) is 0 Å². The van der Waals surface area contributed by atoms with Gasteiger partial charge in [-0.05, 0) is 60.2 Å². The lowest BCUT2D eigenvalue weighted by Crippen LogP contribution is -2.32. The van der Waals surface area contributed by atoms with Gasteiger partial charge in [0, 0.05) is 16.5 Å². The summed E-state index contributed by atoms with van der Waals surface area (Å²) >= 11 is 7.58. The number of nitrogens with two attached hydrogens (primary N) is 1. The van der Waals surface area contributed by atoms with Crippen LogP contribution >= 0.6 is 23.4 Å². The second-order valence-corrected chi connectivity index (χ2v) is 7.52. The van der Waals surface area contributed by atoms with Crippen molar-refractivity contribution in [1.29, 1.82) is 0 Å². The highest BCUT2D eigenvalue weighted by molar-refractivity contribution is 7.99. The number of thioether (sulfide) groups is 1. The predicted molar refractivity (Wildman–Crippen MR) is 102 cm³/mol. The molecule has 0 heterocycles. The summed E-state index contributed by atoms with van der Waals surface area (Å²) in [4.78, 5) is 12.3. The van der Waals surface area contributed by atoms with Crippen molar-refractivity contribution in [2.45, 2.75) is 31.1 Å². The number of hydrogen-bond acceptors (Lipinski definition) is 3. The Morgan fingerprint density at radius 2 is 2.17 bits per heavy atom. The van der Waals surface area contributed by atoms with Crippen molar-refractivity contribution >= 4 is 35.0 Å². The van der Waals surface area contributed by atoms with Gasteiger partial charge in [0.2, 0.25) is 5.91 Å².